The summed E-state index contributed by atoms with van der Waals surface area (Å²) in [6.45, 7) is 2.84. The minimum atomic E-state index is -1.26. The van der Waals surface area contributed by atoms with E-state index in [4.69, 9.17) is 0 Å². The van der Waals surface area contributed by atoms with Gasteiger partial charge in [-0.05, 0) is 37.8 Å². The monoisotopic (exact) mass is 292 g/mol. The highest BCUT2D eigenvalue weighted by Crippen LogP contribution is 2.36. The van der Waals surface area contributed by atoms with Crippen LogP contribution in [0.1, 0.15) is 49.4 Å². The number of para-hydroxylation sites is 1. The van der Waals surface area contributed by atoms with Crippen molar-refractivity contribution >= 4 is 17.3 Å². The number of benzene rings is 1. The number of rotatable bonds is 5. The van der Waals surface area contributed by atoms with Crippen molar-refractivity contribution in [1.29, 1.82) is 0 Å². The smallest absolute Gasteiger partial charge is 0.342 e. The summed E-state index contributed by atoms with van der Waals surface area (Å²) < 4.78 is 0. The van der Waals surface area contributed by atoms with Crippen LogP contribution in [0.4, 0.5) is 11.4 Å². The van der Waals surface area contributed by atoms with Gasteiger partial charge < -0.3 is 10.0 Å². The predicted molar refractivity (Wildman–Crippen MR) is 79.9 cm³/mol. The van der Waals surface area contributed by atoms with E-state index in [9.17, 15) is 20.0 Å². The molecular formula is C15H20N2O4. The Balaban J connectivity index is 2.48. The fraction of sp³-hybridized carbons (Fsp3) is 0.533. The Morgan fingerprint density at radius 2 is 2.24 bits per heavy atom. The van der Waals surface area contributed by atoms with E-state index in [-0.39, 0.29) is 17.3 Å². The molecule has 0 bridgehead atoms. The zero-order valence-electron chi connectivity index (χ0n) is 12.1. The van der Waals surface area contributed by atoms with E-state index in [2.05, 4.69) is 6.92 Å². The highest BCUT2D eigenvalue weighted by atomic mass is 16.6. The minimum absolute atomic E-state index is 0.238. The van der Waals surface area contributed by atoms with E-state index in [1.54, 1.807) is 12.1 Å². The molecule has 0 saturated carbocycles. The molecule has 1 saturated heterocycles. The van der Waals surface area contributed by atoms with Crippen molar-refractivity contribution in [3.05, 3.63) is 33.9 Å². The first kappa shape index (κ1) is 15.3. The van der Waals surface area contributed by atoms with E-state index in [1.165, 1.54) is 6.07 Å². The van der Waals surface area contributed by atoms with Crippen LogP contribution in [-0.4, -0.2) is 28.6 Å². The fourth-order valence-electron chi connectivity index (χ4n) is 3.08. The van der Waals surface area contributed by atoms with Crippen LogP contribution in [0.25, 0.3) is 0 Å². The molecule has 1 heterocycles. The van der Waals surface area contributed by atoms with E-state index < -0.39 is 10.9 Å². The van der Waals surface area contributed by atoms with Gasteiger partial charge in [-0.3, -0.25) is 10.1 Å². The zero-order valence-corrected chi connectivity index (χ0v) is 12.1. The summed E-state index contributed by atoms with van der Waals surface area (Å²) in [5, 5.41) is 20.6. The average Bonchev–Trinajstić information content (AvgIpc) is 2.47. The Hall–Kier alpha value is -2.11. The number of aromatic carboxylic acids is 1. The number of hydrogen-bond donors (Lipinski definition) is 1. The number of nitro groups is 1. The second kappa shape index (κ2) is 6.56. The maximum atomic E-state index is 11.4. The number of hydrogen-bond acceptors (Lipinski definition) is 4. The van der Waals surface area contributed by atoms with Crippen LogP contribution in [0.2, 0.25) is 0 Å². The van der Waals surface area contributed by atoms with Crippen molar-refractivity contribution in [2.24, 2.45) is 0 Å². The molecule has 0 radical (unpaired) electrons. The third-order valence-electron chi connectivity index (χ3n) is 3.99. The Morgan fingerprint density at radius 1 is 1.48 bits per heavy atom. The zero-order chi connectivity index (χ0) is 15.4. The molecule has 1 aromatic carbocycles. The van der Waals surface area contributed by atoms with Crippen LogP contribution in [0.3, 0.4) is 0 Å². The summed E-state index contributed by atoms with van der Waals surface area (Å²) in [5.41, 5.74) is -0.0793. The molecule has 6 heteroatoms. The molecule has 1 N–H and O–H groups in total. The summed E-state index contributed by atoms with van der Waals surface area (Å²) in [7, 11) is 0. The van der Waals surface area contributed by atoms with Gasteiger partial charge in [-0.15, -0.1) is 0 Å². The van der Waals surface area contributed by atoms with Crippen molar-refractivity contribution in [2.45, 2.75) is 45.1 Å². The Morgan fingerprint density at radius 3 is 2.86 bits per heavy atom. The van der Waals surface area contributed by atoms with Crippen LogP contribution in [0.5, 0.6) is 0 Å². The number of carboxylic acids is 1. The molecule has 1 unspecified atom stereocenters. The van der Waals surface area contributed by atoms with Gasteiger partial charge >= 0.3 is 11.7 Å². The molecule has 1 atom stereocenters. The normalized spacial score (nSPS) is 18.5. The molecule has 0 spiro atoms. The van der Waals surface area contributed by atoms with Gasteiger partial charge in [0.1, 0.15) is 11.3 Å². The molecule has 0 aliphatic carbocycles. The minimum Gasteiger partial charge on any atom is -0.477 e. The molecule has 2 rings (SSSR count). The summed E-state index contributed by atoms with van der Waals surface area (Å²) in [4.78, 5) is 24.1. The van der Waals surface area contributed by atoms with Crippen molar-refractivity contribution in [3.8, 4) is 0 Å². The van der Waals surface area contributed by atoms with Crippen molar-refractivity contribution in [1.82, 2.24) is 0 Å². The van der Waals surface area contributed by atoms with Crippen LogP contribution in [0.15, 0.2) is 18.2 Å². The average molecular weight is 292 g/mol. The van der Waals surface area contributed by atoms with Crippen LogP contribution < -0.4 is 4.90 Å². The number of carbonyl (C=O) groups is 1. The summed E-state index contributed by atoms with van der Waals surface area (Å²) in [5.74, 6) is -1.26. The number of anilines is 1. The molecule has 0 aromatic heterocycles. The predicted octanol–water partition coefficient (Wildman–Crippen LogP) is 3.45. The van der Waals surface area contributed by atoms with Gasteiger partial charge in [-0.2, -0.15) is 0 Å². The highest BCUT2D eigenvalue weighted by Gasteiger charge is 2.31. The largest absolute Gasteiger partial charge is 0.477 e. The maximum Gasteiger partial charge on any atom is 0.342 e. The van der Waals surface area contributed by atoms with Gasteiger partial charge in [-0.1, -0.05) is 19.4 Å². The topological polar surface area (TPSA) is 83.7 Å². The molecule has 21 heavy (non-hydrogen) atoms. The van der Waals surface area contributed by atoms with Crippen LogP contribution in [-0.2, 0) is 0 Å². The molecule has 0 amide bonds. The van der Waals surface area contributed by atoms with Crippen molar-refractivity contribution < 1.29 is 14.8 Å². The van der Waals surface area contributed by atoms with E-state index in [0.29, 0.717) is 5.69 Å². The van der Waals surface area contributed by atoms with E-state index in [1.807, 2.05) is 4.90 Å². The van der Waals surface area contributed by atoms with Crippen molar-refractivity contribution in [3.63, 3.8) is 0 Å². The second-order valence-corrected chi connectivity index (χ2v) is 5.37. The third kappa shape index (κ3) is 3.15. The third-order valence-corrected chi connectivity index (χ3v) is 3.99. The fourth-order valence-corrected chi connectivity index (χ4v) is 3.08. The molecule has 1 aromatic rings. The lowest BCUT2D eigenvalue weighted by Crippen LogP contribution is -2.40. The van der Waals surface area contributed by atoms with Gasteiger partial charge in [-0.25, -0.2) is 4.79 Å². The van der Waals surface area contributed by atoms with Gasteiger partial charge in [0.2, 0.25) is 0 Å². The molecule has 6 nitrogen and oxygen atoms in total. The van der Waals surface area contributed by atoms with Crippen LogP contribution >= 0.6 is 0 Å². The summed E-state index contributed by atoms with van der Waals surface area (Å²) in [6.07, 6.45) is 5.08. The van der Waals surface area contributed by atoms with Gasteiger partial charge in [0.15, 0.2) is 0 Å². The molecule has 1 aliphatic heterocycles. The lowest BCUT2D eigenvalue weighted by atomic mass is 9.96. The van der Waals surface area contributed by atoms with Gasteiger partial charge in [0.05, 0.1) is 4.92 Å². The number of piperidine rings is 1. The first-order valence-corrected chi connectivity index (χ1v) is 7.33. The first-order valence-electron chi connectivity index (χ1n) is 7.33. The number of carboxylic acid groups (broad SMARTS) is 1. The van der Waals surface area contributed by atoms with Gasteiger partial charge in [0.25, 0.3) is 0 Å². The quantitative estimate of drug-likeness (QED) is 0.663. The maximum absolute atomic E-state index is 11.4. The Labute approximate surface area is 123 Å². The Kier molecular flexibility index (Phi) is 4.77. The number of nitro benzene ring substituents is 1. The molecule has 114 valence electrons. The Bertz CT molecular complexity index is 542. The molecular weight excluding hydrogens is 272 g/mol. The van der Waals surface area contributed by atoms with Crippen LogP contribution in [0, 0.1) is 10.1 Å². The summed E-state index contributed by atoms with van der Waals surface area (Å²) in [6, 6.07) is 4.80. The lowest BCUT2D eigenvalue weighted by molar-refractivity contribution is -0.384. The molecule has 1 aliphatic rings. The van der Waals surface area contributed by atoms with Crippen molar-refractivity contribution in [2.75, 3.05) is 11.4 Å². The SMILES string of the molecule is CCCC1CCCCN1c1cccc(C(=O)O)c1[N+](=O)[O-]. The van der Waals surface area contributed by atoms with E-state index in [0.717, 1.165) is 38.6 Å². The van der Waals surface area contributed by atoms with E-state index >= 15 is 0 Å². The number of nitrogens with zero attached hydrogens (tertiary/aromatic N) is 2. The lowest BCUT2D eigenvalue weighted by Gasteiger charge is -2.37. The summed E-state index contributed by atoms with van der Waals surface area (Å²) >= 11 is 0. The first-order chi connectivity index (χ1) is 10.1. The highest BCUT2D eigenvalue weighted by molar-refractivity contribution is 5.95. The molecule has 1 fully saturated rings. The van der Waals surface area contributed by atoms with Gasteiger partial charge in [0, 0.05) is 12.6 Å². The standard InChI is InChI=1S/C15H20N2O4/c1-2-6-11-7-3-4-10-16(11)13-9-5-8-12(15(18)19)14(13)17(20)21/h5,8-9,11H,2-4,6-7,10H2,1H3,(H,18,19). The second-order valence-electron chi connectivity index (χ2n) is 5.37.